The van der Waals surface area contributed by atoms with Crippen molar-refractivity contribution >= 4 is 27.5 Å². The van der Waals surface area contributed by atoms with Crippen LogP contribution in [0.15, 0.2) is 10.7 Å². The summed E-state index contributed by atoms with van der Waals surface area (Å²) in [7, 11) is 0. The normalized spacial score (nSPS) is 10.3. The van der Waals surface area contributed by atoms with Crippen molar-refractivity contribution in [3.05, 3.63) is 27.5 Å². The van der Waals surface area contributed by atoms with Crippen LogP contribution in [0.5, 0.6) is 0 Å². The smallest absolute Gasteiger partial charge is 0.244 e. The van der Waals surface area contributed by atoms with Gasteiger partial charge in [0.15, 0.2) is 0 Å². The predicted molar refractivity (Wildman–Crippen MR) is 51.2 cm³/mol. The zero-order chi connectivity index (χ0) is 10.7. The summed E-state index contributed by atoms with van der Waals surface area (Å²) >= 11 is 8.43. The molecule has 0 aliphatic heterocycles. The van der Waals surface area contributed by atoms with Gasteiger partial charge in [-0.15, -0.1) is 11.6 Å². The molecule has 0 saturated carbocycles. The van der Waals surface area contributed by atoms with Crippen molar-refractivity contribution in [3.63, 3.8) is 0 Å². The second-order valence-corrected chi connectivity index (χ2v) is 3.51. The van der Waals surface area contributed by atoms with Gasteiger partial charge in [0.2, 0.25) is 0 Å². The van der Waals surface area contributed by atoms with Gasteiger partial charge in [-0.1, -0.05) is 0 Å². The lowest BCUT2D eigenvalue weighted by Crippen LogP contribution is -2.00. The van der Waals surface area contributed by atoms with Crippen molar-refractivity contribution in [2.24, 2.45) is 0 Å². The highest BCUT2D eigenvalue weighted by Gasteiger charge is 2.20. The fourth-order valence-electron chi connectivity index (χ4n) is 1.01. The van der Waals surface area contributed by atoms with Crippen molar-refractivity contribution < 1.29 is 8.78 Å². The molecular weight excluding hydrogens is 277 g/mol. The zero-order valence-electron chi connectivity index (χ0n) is 6.77. The average molecular weight is 281 g/mol. The topological polar surface area (TPSA) is 36.7 Å². The van der Waals surface area contributed by atoms with E-state index in [1.807, 2.05) is 0 Å². The summed E-state index contributed by atoms with van der Waals surface area (Å²) < 4.78 is 25.3. The second-order valence-electron chi connectivity index (χ2n) is 2.39. The molecule has 0 N–H and O–H groups in total. The number of pyridine rings is 1. The highest BCUT2D eigenvalue weighted by molar-refractivity contribution is 9.10. The Balaban J connectivity index is 3.45. The minimum absolute atomic E-state index is 0.0569. The molecule has 74 valence electrons. The van der Waals surface area contributed by atoms with Crippen LogP contribution in [0.3, 0.4) is 0 Å². The largest absolute Gasteiger partial charge is 0.265 e. The molecule has 6 heteroatoms. The fraction of sp³-hybridized carbons (Fsp3) is 0.250. The Hall–Kier alpha value is -0.730. The molecule has 0 spiro atoms. The number of hydrogen-bond acceptors (Lipinski definition) is 2. The highest BCUT2D eigenvalue weighted by Crippen LogP contribution is 2.32. The van der Waals surface area contributed by atoms with E-state index in [2.05, 4.69) is 20.9 Å². The van der Waals surface area contributed by atoms with Crippen LogP contribution >= 0.6 is 27.5 Å². The molecule has 0 amide bonds. The van der Waals surface area contributed by atoms with Gasteiger partial charge in [-0.25, -0.2) is 13.8 Å². The summed E-state index contributed by atoms with van der Waals surface area (Å²) in [6.07, 6.45) is -1.50. The minimum atomic E-state index is -2.67. The van der Waals surface area contributed by atoms with E-state index in [1.54, 1.807) is 6.07 Å². The quantitative estimate of drug-likeness (QED) is 0.779. The van der Waals surface area contributed by atoms with E-state index in [-0.39, 0.29) is 27.2 Å². The minimum Gasteiger partial charge on any atom is -0.244 e. The van der Waals surface area contributed by atoms with Gasteiger partial charge in [0, 0.05) is 21.8 Å². The van der Waals surface area contributed by atoms with E-state index in [0.29, 0.717) is 0 Å². The third-order valence-corrected chi connectivity index (χ3v) is 2.53. The summed E-state index contributed by atoms with van der Waals surface area (Å²) in [5, 5.41) is 8.62. The van der Waals surface area contributed by atoms with Gasteiger partial charge in [-0.05, 0) is 15.9 Å². The van der Waals surface area contributed by atoms with Crippen molar-refractivity contribution in [3.8, 4) is 6.07 Å². The van der Waals surface area contributed by atoms with Gasteiger partial charge in [-0.2, -0.15) is 5.26 Å². The van der Waals surface area contributed by atoms with Crippen LogP contribution in [-0.2, 0) is 5.88 Å². The van der Waals surface area contributed by atoms with Crippen LogP contribution < -0.4 is 0 Å². The SMILES string of the molecule is N#Cc1ncc(Br)c(C(F)F)c1CCl. The fourth-order valence-corrected chi connectivity index (χ4v) is 1.79. The first-order valence-corrected chi connectivity index (χ1v) is 4.86. The molecule has 0 unspecified atom stereocenters. The second kappa shape index (κ2) is 4.67. The van der Waals surface area contributed by atoms with E-state index in [0.717, 1.165) is 0 Å². The third kappa shape index (κ3) is 2.02. The molecule has 1 aromatic heterocycles. The summed E-state index contributed by atoms with van der Waals surface area (Å²) in [6, 6.07) is 1.72. The summed E-state index contributed by atoms with van der Waals surface area (Å²) in [4.78, 5) is 3.68. The van der Waals surface area contributed by atoms with Gasteiger partial charge in [0.25, 0.3) is 6.43 Å². The number of aromatic nitrogens is 1. The van der Waals surface area contributed by atoms with Crippen LogP contribution in [0, 0.1) is 11.3 Å². The first-order valence-electron chi connectivity index (χ1n) is 3.53. The number of nitriles is 1. The predicted octanol–water partition coefficient (Wildman–Crippen LogP) is 3.39. The number of hydrogen-bond donors (Lipinski definition) is 0. The van der Waals surface area contributed by atoms with E-state index < -0.39 is 6.43 Å². The average Bonchev–Trinajstić information content (AvgIpc) is 2.16. The molecule has 1 aromatic rings. The Kier molecular flexibility index (Phi) is 3.78. The van der Waals surface area contributed by atoms with Gasteiger partial charge in [0.1, 0.15) is 11.8 Å². The Morgan fingerprint density at radius 3 is 2.71 bits per heavy atom. The Morgan fingerprint density at radius 2 is 2.29 bits per heavy atom. The molecule has 2 nitrogen and oxygen atoms in total. The lowest BCUT2D eigenvalue weighted by Gasteiger charge is -2.08. The molecule has 0 atom stereocenters. The van der Waals surface area contributed by atoms with Crippen molar-refractivity contribution in [1.29, 1.82) is 5.26 Å². The van der Waals surface area contributed by atoms with Crippen molar-refractivity contribution in [1.82, 2.24) is 4.98 Å². The monoisotopic (exact) mass is 280 g/mol. The van der Waals surface area contributed by atoms with Gasteiger partial charge in [-0.3, -0.25) is 0 Å². The first-order chi connectivity index (χ1) is 6.61. The van der Waals surface area contributed by atoms with E-state index in [4.69, 9.17) is 16.9 Å². The maximum absolute atomic E-state index is 12.6. The lowest BCUT2D eigenvalue weighted by molar-refractivity contribution is 0.149. The highest BCUT2D eigenvalue weighted by atomic mass is 79.9. The Morgan fingerprint density at radius 1 is 1.64 bits per heavy atom. The van der Waals surface area contributed by atoms with Gasteiger partial charge >= 0.3 is 0 Å². The van der Waals surface area contributed by atoms with Crippen molar-refractivity contribution in [2.45, 2.75) is 12.3 Å². The summed E-state index contributed by atoms with van der Waals surface area (Å²) in [6.45, 7) is 0. The van der Waals surface area contributed by atoms with Gasteiger partial charge < -0.3 is 0 Å². The molecule has 0 aromatic carbocycles. The maximum Gasteiger partial charge on any atom is 0.265 e. The molecule has 0 bridgehead atoms. The maximum atomic E-state index is 12.6. The standard InChI is InChI=1S/C8H4BrClF2N2/c9-5-3-14-6(2-13)4(1-10)7(5)8(11)12/h3,8H,1H2. The van der Waals surface area contributed by atoms with Crippen LogP contribution in [0.4, 0.5) is 8.78 Å². The van der Waals surface area contributed by atoms with E-state index in [1.165, 1.54) is 6.20 Å². The lowest BCUT2D eigenvalue weighted by atomic mass is 10.1. The molecule has 1 rings (SSSR count). The number of rotatable bonds is 2. The zero-order valence-corrected chi connectivity index (χ0v) is 9.11. The summed E-state index contributed by atoms with van der Waals surface area (Å²) in [5.74, 6) is -0.158. The molecule has 1 heterocycles. The van der Waals surface area contributed by atoms with Crippen LogP contribution in [0.25, 0.3) is 0 Å². The number of halogens is 4. The molecule has 0 aliphatic carbocycles. The van der Waals surface area contributed by atoms with Crippen molar-refractivity contribution in [2.75, 3.05) is 0 Å². The van der Waals surface area contributed by atoms with Crippen LogP contribution in [0.1, 0.15) is 23.2 Å². The molecule has 14 heavy (non-hydrogen) atoms. The Bertz CT molecular complexity index is 390. The number of alkyl halides is 3. The van der Waals surface area contributed by atoms with E-state index >= 15 is 0 Å². The third-order valence-electron chi connectivity index (χ3n) is 1.63. The summed E-state index contributed by atoms with van der Waals surface area (Å²) in [5.41, 5.74) is -0.233. The van der Waals surface area contributed by atoms with Crippen LogP contribution in [-0.4, -0.2) is 4.98 Å². The Labute approximate surface area is 92.6 Å². The molecule has 0 saturated heterocycles. The molecule has 0 fully saturated rings. The van der Waals surface area contributed by atoms with Crippen LogP contribution in [0.2, 0.25) is 0 Å². The van der Waals surface area contributed by atoms with Gasteiger partial charge in [0.05, 0.1) is 5.88 Å². The molecule has 0 radical (unpaired) electrons. The number of nitrogens with zero attached hydrogens (tertiary/aromatic N) is 2. The first kappa shape index (κ1) is 11.3. The molecular formula is C8H4BrClF2N2. The molecule has 0 aliphatic rings. The van der Waals surface area contributed by atoms with E-state index in [9.17, 15) is 8.78 Å².